The van der Waals surface area contributed by atoms with Crippen LogP contribution >= 0.6 is 0 Å². The molecule has 0 fully saturated rings. The van der Waals surface area contributed by atoms with Crippen LogP contribution in [-0.4, -0.2) is 39.1 Å². The number of aromatic nitrogens is 3. The SMILES string of the molecule is C=CCNC(=O)c1cc2c(=O)n3cccc(C)c3nc2n(CCCOC(C)C)c1=N. The van der Waals surface area contributed by atoms with Crippen molar-refractivity contribution in [1.29, 1.82) is 5.41 Å². The summed E-state index contributed by atoms with van der Waals surface area (Å²) in [7, 11) is 0. The number of ether oxygens (including phenoxy) is 1. The Kier molecular flexibility index (Phi) is 6.47. The summed E-state index contributed by atoms with van der Waals surface area (Å²) in [6, 6.07) is 5.12. The van der Waals surface area contributed by atoms with E-state index in [1.807, 2.05) is 26.8 Å². The van der Waals surface area contributed by atoms with Gasteiger partial charge in [-0.25, -0.2) is 4.98 Å². The summed E-state index contributed by atoms with van der Waals surface area (Å²) in [5.74, 6) is -0.428. The molecule has 0 aliphatic rings. The topological polar surface area (TPSA) is 101 Å². The molecule has 1 amide bonds. The average Bonchev–Trinajstić information content (AvgIpc) is 2.71. The predicted molar refractivity (Wildman–Crippen MR) is 116 cm³/mol. The third-order valence-corrected chi connectivity index (χ3v) is 4.76. The average molecular weight is 409 g/mol. The van der Waals surface area contributed by atoms with Gasteiger partial charge in [-0.2, -0.15) is 0 Å². The zero-order chi connectivity index (χ0) is 21.8. The monoisotopic (exact) mass is 409 g/mol. The summed E-state index contributed by atoms with van der Waals surface area (Å²) in [4.78, 5) is 30.5. The molecule has 3 aromatic heterocycles. The summed E-state index contributed by atoms with van der Waals surface area (Å²) >= 11 is 0. The van der Waals surface area contributed by atoms with Crippen LogP contribution in [0.5, 0.6) is 0 Å². The molecule has 0 atom stereocenters. The second-order valence-corrected chi connectivity index (χ2v) is 7.37. The number of hydrogen-bond donors (Lipinski definition) is 2. The second-order valence-electron chi connectivity index (χ2n) is 7.37. The summed E-state index contributed by atoms with van der Waals surface area (Å²) in [6.07, 6.45) is 3.94. The minimum absolute atomic E-state index is 0.0124. The van der Waals surface area contributed by atoms with Crippen molar-refractivity contribution in [3.05, 3.63) is 64.0 Å². The highest BCUT2D eigenvalue weighted by molar-refractivity contribution is 5.96. The Morgan fingerprint density at radius 1 is 1.40 bits per heavy atom. The van der Waals surface area contributed by atoms with E-state index in [2.05, 4.69) is 11.9 Å². The maximum absolute atomic E-state index is 13.2. The Bertz CT molecular complexity index is 1220. The summed E-state index contributed by atoms with van der Waals surface area (Å²) in [5, 5.41) is 11.6. The van der Waals surface area contributed by atoms with E-state index in [0.717, 1.165) is 5.56 Å². The number of fused-ring (bicyclic) bond motifs is 2. The molecule has 2 N–H and O–H groups in total. The largest absolute Gasteiger partial charge is 0.379 e. The molecule has 0 saturated heterocycles. The molecule has 8 nitrogen and oxygen atoms in total. The molecule has 0 aliphatic heterocycles. The first kappa shape index (κ1) is 21.4. The van der Waals surface area contributed by atoms with Gasteiger partial charge in [0.2, 0.25) is 0 Å². The molecule has 158 valence electrons. The van der Waals surface area contributed by atoms with Crippen molar-refractivity contribution >= 4 is 22.6 Å². The first-order valence-corrected chi connectivity index (χ1v) is 9.96. The minimum atomic E-state index is -0.428. The lowest BCUT2D eigenvalue weighted by Crippen LogP contribution is -2.35. The van der Waals surface area contributed by atoms with Crippen molar-refractivity contribution in [2.45, 2.75) is 39.8 Å². The van der Waals surface area contributed by atoms with Crippen LogP contribution in [-0.2, 0) is 11.3 Å². The lowest BCUT2D eigenvalue weighted by atomic mass is 10.2. The maximum Gasteiger partial charge on any atom is 0.267 e. The fourth-order valence-corrected chi connectivity index (χ4v) is 3.29. The first-order valence-electron chi connectivity index (χ1n) is 9.96. The third-order valence-electron chi connectivity index (χ3n) is 4.76. The molecule has 0 saturated carbocycles. The Balaban J connectivity index is 2.23. The van der Waals surface area contributed by atoms with Crippen LogP contribution in [0.1, 0.15) is 36.2 Å². The van der Waals surface area contributed by atoms with Gasteiger partial charge in [0.05, 0.1) is 17.1 Å². The molecule has 30 heavy (non-hydrogen) atoms. The molecular weight excluding hydrogens is 382 g/mol. The lowest BCUT2D eigenvalue weighted by molar-refractivity contribution is 0.0748. The van der Waals surface area contributed by atoms with Crippen LogP contribution in [0.3, 0.4) is 0 Å². The molecule has 0 aliphatic carbocycles. The van der Waals surface area contributed by atoms with Crippen LogP contribution in [0.4, 0.5) is 0 Å². The van der Waals surface area contributed by atoms with Crippen LogP contribution in [0, 0.1) is 12.3 Å². The van der Waals surface area contributed by atoms with Crippen molar-refractivity contribution in [2.75, 3.05) is 13.2 Å². The van der Waals surface area contributed by atoms with Gasteiger partial charge in [-0.15, -0.1) is 6.58 Å². The number of amides is 1. The Morgan fingerprint density at radius 2 is 2.17 bits per heavy atom. The van der Waals surface area contributed by atoms with Gasteiger partial charge >= 0.3 is 0 Å². The highest BCUT2D eigenvalue weighted by atomic mass is 16.5. The molecular formula is C22H27N5O3. The normalized spacial score (nSPS) is 11.3. The molecule has 3 heterocycles. The highest BCUT2D eigenvalue weighted by Crippen LogP contribution is 2.13. The predicted octanol–water partition coefficient (Wildman–Crippen LogP) is 2.17. The van der Waals surface area contributed by atoms with Crippen LogP contribution in [0.15, 0.2) is 41.8 Å². The first-order chi connectivity index (χ1) is 14.3. The van der Waals surface area contributed by atoms with Gasteiger partial charge in [0, 0.05) is 25.9 Å². The molecule has 0 spiro atoms. The summed E-state index contributed by atoms with van der Waals surface area (Å²) < 4.78 is 8.70. The molecule has 3 rings (SSSR count). The number of carbonyl (C=O) groups is 1. The maximum atomic E-state index is 13.2. The molecule has 0 aromatic carbocycles. The van der Waals surface area contributed by atoms with E-state index < -0.39 is 5.91 Å². The lowest BCUT2D eigenvalue weighted by Gasteiger charge is -2.15. The fourth-order valence-electron chi connectivity index (χ4n) is 3.29. The number of aryl methyl sites for hydroxylation is 2. The van der Waals surface area contributed by atoms with E-state index in [4.69, 9.17) is 15.1 Å². The van der Waals surface area contributed by atoms with E-state index in [1.165, 1.54) is 10.5 Å². The smallest absolute Gasteiger partial charge is 0.267 e. The van der Waals surface area contributed by atoms with E-state index in [1.54, 1.807) is 22.9 Å². The van der Waals surface area contributed by atoms with E-state index in [9.17, 15) is 9.59 Å². The van der Waals surface area contributed by atoms with Crippen molar-refractivity contribution < 1.29 is 9.53 Å². The Labute approximate surface area is 174 Å². The van der Waals surface area contributed by atoms with Crippen molar-refractivity contribution in [2.24, 2.45) is 0 Å². The molecule has 0 unspecified atom stereocenters. The Hall–Kier alpha value is -3.26. The number of rotatable bonds is 8. The van der Waals surface area contributed by atoms with E-state index in [-0.39, 0.29) is 29.3 Å². The molecule has 8 heteroatoms. The van der Waals surface area contributed by atoms with Gasteiger partial charge in [0.15, 0.2) is 0 Å². The van der Waals surface area contributed by atoms with Gasteiger partial charge in [-0.05, 0) is 44.9 Å². The summed E-state index contributed by atoms with van der Waals surface area (Å²) in [5.41, 5.74) is 1.64. The number of hydrogen-bond acceptors (Lipinski definition) is 5. The van der Waals surface area contributed by atoms with Crippen molar-refractivity contribution in [3.63, 3.8) is 0 Å². The molecule has 0 bridgehead atoms. The quantitative estimate of drug-likeness (QED) is 0.338. The van der Waals surface area contributed by atoms with Crippen molar-refractivity contribution in [1.82, 2.24) is 19.3 Å². The molecule has 0 radical (unpaired) electrons. The van der Waals surface area contributed by atoms with Crippen LogP contribution in [0.2, 0.25) is 0 Å². The van der Waals surface area contributed by atoms with Gasteiger partial charge in [-0.1, -0.05) is 12.1 Å². The van der Waals surface area contributed by atoms with E-state index in [0.29, 0.717) is 36.3 Å². The number of nitrogens with zero attached hydrogens (tertiary/aromatic N) is 3. The highest BCUT2D eigenvalue weighted by Gasteiger charge is 2.17. The zero-order valence-electron chi connectivity index (χ0n) is 17.6. The third kappa shape index (κ3) is 4.18. The second kappa shape index (κ2) is 9.04. The van der Waals surface area contributed by atoms with Gasteiger partial charge in [0.1, 0.15) is 16.8 Å². The zero-order valence-corrected chi connectivity index (χ0v) is 17.6. The number of pyridine rings is 2. The number of carbonyl (C=O) groups excluding carboxylic acids is 1. The summed E-state index contributed by atoms with van der Waals surface area (Å²) in [6.45, 7) is 10.6. The standard InChI is InChI=1S/C22H27N5O3/c1-5-9-24-21(28)16-13-17-20(26(18(16)23)11-7-12-30-14(2)3)25-19-15(4)8-6-10-27(19)22(17)29/h5-6,8,10,13-14,23H,1,7,9,11-12H2,2-4H3,(H,24,28). The van der Waals surface area contributed by atoms with Gasteiger partial charge in [-0.3, -0.25) is 19.4 Å². The Morgan fingerprint density at radius 3 is 2.87 bits per heavy atom. The molecule has 3 aromatic rings. The van der Waals surface area contributed by atoms with Gasteiger partial charge < -0.3 is 14.6 Å². The van der Waals surface area contributed by atoms with E-state index >= 15 is 0 Å². The van der Waals surface area contributed by atoms with Crippen molar-refractivity contribution in [3.8, 4) is 0 Å². The van der Waals surface area contributed by atoms with Crippen LogP contribution in [0.25, 0.3) is 16.7 Å². The number of nitrogens with one attached hydrogen (secondary N) is 2. The van der Waals surface area contributed by atoms with Crippen LogP contribution < -0.4 is 16.4 Å². The minimum Gasteiger partial charge on any atom is -0.379 e. The van der Waals surface area contributed by atoms with Gasteiger partial charge in [0.25, 0.3) is 11.5 Å². The fraction of sp³-hybridized carbons (Fsp3) is 0.364.